The summed E-state index contributed by atoms with van der Waals surface area (Å²) in [6, 6.07) is 3.94. The number of nitrogens with zero attached hydrogens (tertiary/aromatic N) is 2. The fourth-order valence-corrected chi connectivity index (χ4v) is 2.17. The van der Waals surface area contributed by atoms with E-state index in [2.05, 4.69) is 9.38 Å². The molecule has 3 rings (SSSR count). The molecule has 1 unspecified atom stereocenters. The highest BCUT2D eigenvalue weighted by Crippen LogP contribution is 2.26. The molecule has 1 fully saturated rings. The number of rotatable bonds is 2. The number of fused-ring (bicyclic) bond motifs is 1. The van der Waals surface area contributed by atoms with Gasteiger partial charge in [-0.25, -0.2) is 4.98 Å². The van der Waals surface area contributed by atoms with Crippen molar-refractivity contribution in [2.45, 2.75) is 12.3 Å². The van der Waals surface area contributed by atoms with Gasteiger partial charge in [-0.15, -0.1) is 0 Å². The topological polar surface area (TPSA) is 35.8 Å². The molecule has 4 heteroatoms. The van der Waals surface area contributed by atoms with Crippen LogP contribution in [0.4, 0.5) is 0 Å². The van der Waals surface area contributed by atoms with Crippen molar-refractivity contribution in [2.24, 2.45) is 0 Å². The number of ether oxygens (including phenoxy) is 2. The summed E-state index contributed by atoms with van der Waals surface area (Å²) < 4.78 is 12.7. The number of hydrogen-bond donors (Lipinski definition) is 0. The van der Waals surface area contributed by atoms with Crippen LogP contribution < -0.4 is 4.74 Å². The lowest BCUT2D eigenvalue weighted by Crippen LogP contribution is -2.03. The third-order valence-electron chi connectivity index (χ3n) is 3.06. The third kappa shape index (κ3) is 1.46. The zero-order valence-corrected chi connectivity index (χ0v) is 9.22. The minimum atomic E-state index is 0.427. The summed E-state index contributed by atoms with van der Waals surface area (Å²) in [7, 11) is 1.67. The molecule has 2 aromatic heterocycles. The molecule has 1 saturated heterocycles. The monoisotopic (exact) mass is 218 g/mol. The standard InChI is InChI=1S/C12H14N2O2/c1-15-11-2-4-14-10(6-11)7-13-12(14)9-3-5-16-8-9/h2,4,6-7,9H,3,5,8H2,1H3. The van der Waals surface area contributed by atoms with E-state index in [0.717, 1.165) is 36.7 Å². The second-order valence-electron chi connectivity index (χ2n) is 4.04. The maximum absolute atomic E-state index is 5.40. The average molecular weight is 218 g/mol. The molecule has 1 aliphatic rings. The summed E-state index contributed by atoms with van der Waals surface area (Å²) in [4.78, 5) is 4.48. The summed E-state index contributed by atoms with van der Waals surface area (Å²) in [5.41, 5.74) is 1.07. The van der Waals surface area contributed by atoms with Crippen LogP contribution in [0.3, 0.4) is 0 Å². The summed E-state index contributed by atoms with van der Waals surface area (Å²) in [6.07, 6.45) is 4.95. The summed E-state index contributed by atoms with van der Waals surface area (Å²) >= 11 is 0. The molecule has 1 atom stereocenters. The maximum atomic E-state index is 5.40. The molecule has 0 amide bonds. The van der Waals surface area contributed by atoms with E-state index in [-0.39, 0.29) is 0 Å². The molecule has 16 heavy (non-hydrogen) atoms. The van der Waals surface area contributed by atoms with Gasteiger partial charge in [0.2, 0.25) is 0 Å². The Balaban J connectivity index is 2.06. The first-order valence-corrected chi connectivity index (χ1v) is 5.47. The number of aromatic nitrogens is 2. The molecule has 0 spiro atoms. The predicted molar refractivity (Wildman–Crippen MR) is 59.9 cm³/mol. The predicted octanol–water partition coefficient (Wildman–Crippen LogP) is 1.85. The minimum absolute atomic E-state index is 0.427. The first kappa shape index (κ1) is 9.66. The molecule has 0 aliphatic carbocycles. The van der Waals surface area contributed by atoms with Gasteiger partial charge in [-0.3, -0.25) is 0 Å². The molecule has 2 aromatic rings. The number of methoxy groups -OCH3 is 1. The zero-order valence-electron chi connectivity index (χ0n) is 9.22. The highest BCUT2D eigenvalue weighted by atomic mass is 16.5. The van der Waals surface area contributed by atoms with Crippen molar-refractivity contribution in [3.63, 3.8) is 0 Å². The summed E-state index contributed by atoms with van der Waals surface area (Å²) in [6.45, 7) is 1.63. The van der Waals surface area contributed by atoms with Crippen LogP contribution in [0.25, 0.3) is 5.52 Å². The first-order valence-electron chi connectivity index (χ1n) is 5.47. The Bertz CT molecular complexity index is 501. The van der Waals surface area contributed by atoms with Gasteiger partial charge in [-0.1, -0.05) is 0 Å². The van der Waals surface area contributed by atoms with Crippen LogP contribution in [0, 0.1) is 0 Å². The van der Waals surface area contributed by atoms with Crippen LogP contribution in [0.5, 0.6) is 5.75 Å². The van der Waals surface area contributed by atoms with Crippen LogP contribution in [0.2, 0.25) is 0 Å². The average Bonchev–Trinajstić information content (AvgIpc) is 2.96. The lowest BCUT2D eigenvalue weighted by Gasteiger charge is -2.07. The molecular weight excluding hydrogens is 204 g/mol. The van der Waals surface area contributed by atoms with Gasteiger partial charge in [0.15, 0.2) is 0 Å². The Morgan fingerprint density at radius 1 is 1.56 bits per heavy atom. The van der Waals surface area contributed by atoms with E-state index in [1.807, 2.05) is 24.5 Å². The van der Waals surface area contributed by atoms with Gasteiger partial charge in [0.25, 0.3) is 0 Å². The molecule has 4 nitrogen and oxygen atoms in total. The molecule has 0 bridgehead atoms. The molecule has 3 heterocycles. The Labute approximate surface area is 93.8 Å². The van der Waals surface area contributed by atoms with Crippen molar-refractivity contribution >= 4 is 5.52 Å². The van der Waals surface area contributed by atoms with Gasteiger partial charge in [0.1, 0.15) is 11.6 Å². The zero-order chi connectivity index (χ0) is 11.0. The molecule has 0 N–H and O–H groups in total. The van der Waals surface area contributed by atoms with Crippen LogP contribution in [0.15, 0.2) is 24.5 Å². The van der Waals surface area contributed by atoms with E-state index in [4.69, 9.17) is 9.47 Å². The number of hydrogen-bond acceptors (Lipinski definition) is 3. The quantitative estimate of drug-likeness (QED) is 0.771. The van der Waals surface area contributed by atoms with Crippen LogP contribution in [0.1, 0.15) is 18.2 Å². The Hall–Kier alpha value is -1.55. The highest BCUT2D eigenvalue weighted by Gasteiger charge is 2.21. The molecular formula is C12H14N2O2. The lowest BCUT2D eigenvalue weighted by molar-refractivity contribution is 0.193. The summed E-state index contributed by atoms with van der Waals surface area (Å²) in [5, 5.41) is 0. The highest BCUT2D eigenvalue weighted by molar-refractivity contribution is 5.50. The largest absolute Gasteiger partial charge is 0.497 e. The van der Waals surface area contributed by atoms with Gasteiger partial charge in [-0.2, -0.15) is 0 Å². The number of pyridine rings is 1. The Kier molecular flexibility index (Phi) is 2.29. The van der Waals surface area contributed by atoms with Crippen LogP contribution in [-0.4, -0.2) is 29.7 Å². The van der Waals surface area contributed by atoms with Crippen molar-refractivity contribution in [1.82, 2.24) is 9.38 Å². The second kappa shape index (κ2) is 3.79. The van der Waals surface area contributed by atoms with E-state index in [1.165, 1.54) is 0 Å². The molecule has 0 radical (unpaired) electrons. The van der Waals surface area contributed by atoms with E-state index in [1.54, 1.807) is 7.11 Å². The van der Waals surface area contributed by atoms with E-state index < -0.39 is 0 Å². The molecule has 0 saturated carbocycles. The van der Waals surface area contributed by atoms with Crippen molar-refractivity contribution in [3.8, 4) is 5.75 Å². The fourth-order valence-electron chi connectivity index (χ4n) is 2.17. The molecule has 84 valence electrons. The minimum Gasteiger partial charge on any atom is -0.497 e. The smallest absolute Gasteiger partial charge is 0.122 e. The summed E-state index contributed by atoms with van der Waals surface area (Å²) in [5.74, 6) is 2.38. The molecule has 1 aliphatic heterocycles. The van der Waals surface area contributed by atoms with E-state index >= 15 is 0 Å². The van der Waals surface area contributed by atoms with Crippen molar-refractivity contribution in [2.75, 3.05) is 20.3 Å². The van der Waals surface area contributed by atoms with Crippen molar-refractivity contribution < 1.29 is 9.47 Å². The lowest BCUT2D eigenvalue weighted by atomic mass is 10.1. The SMILES string of the molecule is COc1ccn2c(C3CCOC3)ncc2c1. The van der Waals surface area contributed by atoms with Gasteiger partial charge in [0.05, 0.1) is 25.4 Å². The second-order valence-corrected chi connectivity index (χ2v) is 4.04. The van der Waals surface area contributed by atoms with Gasteiger partial charge < -0.3 is 13.9 Å². The maximum Gasteiger partial charge on any atom is 0.122 e. The van der Waals surface area contributed by atoms with Crippen molar-refractivity contribution in [3.05, 3.63) is 30.4 Å². The molecule has 0 aromatic carbocycles. The Morgan fingerprint density at radius 3 is 3.25 bits per heavy atom. The van der Waals surface area contributed by atoms with E-state index in [9.17, 15) is 0 Å². The van der Waals surface area contributed by atoms with Crippen LogP contribution in [-0.2, 0) is 4.74 Å². The normalized spacial score (nSPS) is 20.4. The number of imidazole rings is 1. The van der Waals surface area contributed by atoms with Gasteiger partial charge in [0, 0.05) is 24.8 Å². The third-order valence-corrected chi connectivity index (χ3v) is 3.06. The first-order chi connectivity index (χ1) is 7.88. The Morgan fingerprint density at radius 2 is 2.50 bits per heavy atom. The van der Waals surface area contributed by atoms with E-state index in [0.29, 0.717) is 5.92 Å². The fraction of sp³-hybridized carbons (Fsp3) is 0.417. The van der Waals surface area contributed by atoms with Gasteiger partial charge in [-0.05, 0) is 12.5 Å². The van der Waals surface area contributed by atoms with Crippen LogP contribution >= 0.6 is 0 Å². The van der Waals surface area contributed by atoms with Crippen molar-refractivity contribution in [1.29, 1.82) is 0 Å². The van der Waals surface area contributed by atoms with Gasteiger partial charge >= 0.3 is 0 Å².